The van der Waals surface area contributed by atoms with Gasteiger partial charge in [0.1, 0.15) is 0 Å². The summed E-state index contributed by atoms with van der Waals surface area (Å²) in [6.07, 6.45) is 0.812. The molecule has 0 aromatic heterocycles. The van der Waals surface area contributed by atoms with Crippen LogP contribution in [-0.2, 0) is 15.9 Å². The Labute approximate surface area is 120 Å². The Balaban J connectivity index is 2.91. The quantitative estimate of drug-likeness (QED) is 0.754. The van der Waals surface area contributed by atoms with Gasteiger partial charge < -0.3 is 20.1 Å². The topological polar surface area (TPSA) is 47.7 Å². The first-order chi connectivity index (χ1) is 9.22. The third-order valence-electron chi connectivity index (χ3n) is 2.93. The van der Waals surface area contributed by atoms with E-state index in [9.17, 15) is 0 Å². The van der Waals surface area contributed by atoms with Gasteiger partial charge in [0.05, 0.1) is 13.2 Å². The minimum Gasteiger partial charge on any atom is -0.383 e. The van der Waals surface area contributed by atoms with Crippen LogP contribution >= 0.6 is 11.6 Å². The van der Waals surface area contributed by atoms with E-state index >= 15 is 0 Å². The lowest BCUT2D eigenvalue weighted by atomic mass is 10.1. The Morgan fingerprint density at radius 2 is 1.79 bits per heavy atom. The summed E-state index contributed by atoms with van der Waals surface area (Å²) in [5.74, 6) is 0. The zero-order chi connectivity index (χ0) is 14.1. The van der Waals surface area contributed by atoms with Crippen LogP contribution in [0.1, 0.15) is 5.56 Å². The van der Waals surface area contributed by atoms with Crippen LogP contribution in [0.4, 0.5) is 5.69 Å². The normalized spacial score (nSPS) is 10.7. The molecule has 0 atom stereocenters. The molecule has 1 aromatic rings. The van der Waals surface area contributed by atoms with Crippen LogP contribution in [0, 0.1) is 0 Å². The van der Waals surface area contributed by atoms with Gasteiger partial charge in [-0.2, -0.15) is 0 Å². The van der Waals surface area contributed by atoms with Crippen molar-refractivity contribution < 1.29 is 9.47 Å². The van der Waals surface area contributed by atoms with Gasteiger partial charge in [-0.3, -0.25) is 0 Å². The fourth-order valence-corrected chi connectivity index (χ4v) is 2.17. The number of nitrogens with two attached hydrogens (primary N) is 1. The Hall–Kier alpha value is -0.810. The molecular formula is C14H23ClN2O2. The van der Waals surface area contributed by atoms with Crippen LogP contribution in [0.25, 0.3) is 0 Å². The molecule has 19 heavy (non-hydrogen) atoms. The number of hydrogen-bond donors (Lipinski definition) is 1. The van der Waals surface area contributed by atoms with E-state index in [-0.39, 0.29) is 0 Å². The highest BCUT2D eigenvalue weighted by molar-refractivity contribution is 6.30. The summed E-state index contributed by atoms with van der Waals surface area (Å²) in [6.45, 7) is 3.59. The van der Waals surface area contributed by atoms with Crippen molar-refractivity contribution in [1.29, 1.82) is 0 Å². The molecule has 0 aliphatic heterocycles. The van der Waals surface area contributed by atoms with Crippen molar-refractivity contribution in [2.45, 2.75) is 6.42 Å². The predicted octanol–water partition coefficient (Wildman–Crippen LogP) is 1.94. The van der Waals surface area contributed by atoms with Gasteiger partial charge in [-0.25, -0.2) is 0 Å². The van der Waals surface area contributed by atoms with Gasteiger partial charge in [0, 0.05) is 38.0 Å². The first-order valence-corrected chi connectivity index (χ1v) is 6.82. The second kappa shape index (κ2) is 9.15. The van der Waals surface area contributed by atoms with Crippen molar-refractivity contribution in [1.82, 2.24) is 0 Å². The molecule has 0 bridgehead atoms. The minimum atomic E-state index is 0.607. The van der Waals surface area contributed by atoms with Crippen molar-refractivity contribution in [2.75, 3.05) is 52.0 Å². The molecule has 4 nitrogen and oxygen atoms in total. The summed E-state index contributed by atoms with van der Waals surface area (Å²) < 4.78 is 10.3. The van der Waals surface area contributed by atoms with Crippen LogP contribution < -0.4 is 10.6 Å². The highest BCUT2D eigenvalue weighted by Gasteiger charge is 2.11. The SMILES string of the molecule is COCCN(CCOC)c1ccc(Cl)cc1CCN. The van der Waals surface area contributed by atoms with Gasteiger partial charge in [-0.05, 0) is 36.7 Å². The lowest BCUT2D eigenvalue weighted by molar-refractivity contribution is 0.190. The Bertz CT molecular complexity index is 366. The van der Waals surface area contributed by atoms with E-state index in [2.05, 4.69) is 4.90 Å². The zero-order valence-corrected chi connectivity index (χ0v) is 12.4. The third-order valence-corrected chi connectivity index (χ3v) is 3.16. The molecule has 0 aliphatic rings. The molecule has 0 unspecified atom stereocenters. The lowest BCUT2D eigenvalue weighted by Gasteiger charge is -2.27. The van der Waals surface area contributed by atoms with Crippen molar-refractivity contribution in [2.24, 2.45) is 5.73 Å². The van der Waals surface area contributed by atoms with E-state index in [1.54, 1.807) is 14.2 Å². The van der Waals surface area contributed by atoms with Gasteiger partial charge in [0.2, 0.25) is 0 Å². The van der Waals surface area contributed by atoms with Crippen molar-refractivity contribution in [3.05, 3.63) is 28.8 Å². The third kappa shape index (κ3) is 5.37. The number of ether oxygens (including phenoxy) is 2. The molecule has 0 saturated heterocycles. The maximum atomic E-state index is 6.06. The maximum Gasteiger partial charge on any atom is 0.0637 e. The van der Waals surface area contributed by atoms with E-state index < -0.39 is 0 Å². The highest BCUT2D eigenvalue weighted by Crippen LogP contribution is 2.24. The second-order valence-electron chi connectivity index (χ2n) is 4.28. The first kappa shape index (κ1) is 16.2. The molecule has 1 aromatic carbocycles. The van der Waals surface area contributed by atoms with E-state index in [4.69, 9.17) is 26.8 Å². The number of rotatable bonds is 9. The van der Waals surface area contributed by atoms with E-state index in [0.29, 0.717) is 19.8 Å². The molecular weight excluding hydrogens is 264 g/mol. The van der Waals surface area contributed by atoms with E-state index in [1.165, 1.54) is 5.56 Å². The molecule has 0 saturated carbocycles. The average Bonchev–Trinajstić information content (AvgIpc) is 2.40. The molecule has 108 valence electrons. The first-order valence-electron chi connectivity index (χ1n) is 6.44. The number of halogens is 1. The Morgan fingerprint density at radius 3 is 2.32 bits per heavy atom. The van der Waals surface area contributed by atoms with Gasteiger partial charge in [0.15, 0.2) is 0 Å². The monoisotopic (exact) mass is 286 g/mol. The van der Waals surface area contributed by atoms with E-state index in [1.807, 2.05) is 18.2 Å². The lowest BCUT2D eigenvalue weighted by Crippen LogP contribution is -2.31. The van der Waals surface area contributed by atoms with Gasteiger partial charge in [-0.15, -0.1) is 0 Å². The van der Waals surface area contributed by atoms with Gasteiger partial charge >= 0.3 is 0 Å². The maximum absolute atomic E-state index is 6.06. The smallest absolute Gasteiger partial charge is 0.0637 e. The highest BCUT2D eigenvalue weighted by atomic mass is 35.5. The van der Waals surface area contributed by atoms with Crippen LogP contribution in [0.15, 0.2) is 18.2 Å². The van der Waals surface area contributed by atoms with E-state index in [0.717, 1.165) is 30.2 Å². The van der Waals surface area contributed by atoms with Crippen molar-refractivity contribution in [3.8, 4) is 0 Å². The summed E-state index contributed by atoms with van der Waals surface area (Å²) in [5.41, 5.74) is 7.99. The predicted molar refractivity (Wildman–Crippen MR) is 80.2 cm³/mol. The molecule has 0 aliphatic carbocycles. The molecule has 0 radical (unpaired) electrons. The molecule has 5 heteroatoms. The molecule has 0 amide bonds. The second-order valence-corrected chi connectivity index (χ2v) is 4.72. The number of methoxy groups -OCH3 is 2. The summed E-state index contributed by atoms with van der Waals surface area (Å²) in [5, 5.41) is 0.741. The largest absolute Gasteiger partial charge is 0.383 e. The molecule has 0 heterocycles. The fraction of sp³-hybridized carbons (Fsp3) is 0.571. The van der Waals surface area contributed by atoms with Crippen LogP contribution in [0.5, 0.6) is 0 Å². The number of anilines is 1. The van der Waals surface area contributed by atoms with Crippen molar-refractivity contribution >= 4 is 17.3 Å². The van der Waals surface area contributed by atoms with Crippen LogP contribution in [-0.4, -0.2) is 47.1 Å². The Kier molecular flexibility index (Phi) is 7.82. The molecule has 1 rings (SSSR count). The van der Waals surface area contributed by atoms with Crippen molar-refractivity contribution in [3.63, 3.8) is 0 Å². The van der Waals surface area contributed by atoms with Crippen LogP contribution in [0.2, 0.25) is 5.02 Å². The molecule has 0 spiro atoms. The summed E-state index contributed by atoms with van der Waals surface area (Å²) in [7, 11) is 3.41. The van der Waals surface area contributed by atoms with Gasteiger partial charge in [0.25, 0.3) is 0 Å². The number of hydrogen-bond acceptors (Lipinski definition) is 4. The summed E-state index contributed by atoms with van der Waals surface area (Å²) >= 11 is 6.06. The number of benzene rings is 1. The zero-order valence-electron chi connectivity index (χ0n) is 11.7. The fourth-order valence-electron chi connectivity index (χ4n) is 1.97. The summed E-state index contributed by atoms with van der Waals surface area (Å²) in [4.78, 5) is 2.24. The standard InChI is InChI=1S/C14H23ClN2O2/c1-18-9-7-17(8-10-19-2)14-4-3-13(15)11-12(14)5-6-16/h3-4,11H,5-10,16H2,1-2H3. The Morgan fingerprint density at radius 1 is 1.16 bits per heavy atom. The minimum absolute atomic E-state index is 0.607. The molecule has 0 fully saturated rings. The summed E-state index contributed by atoms with van der Waals surface area (Å²) in [6, 6.07) is 5.93. The van der Waals surface area contributed by atoms with Crippen LogP contribution in [0.3, 0.4) is 0 Å². The van der Waals surface area contributed by atoms with Gasteiger partial charge in [-0.1, -0.05) is 11.6 Å². The molecule has 2 N–H and O–H groups in total. The number of nitrogens with zero attached hydrogens (tertiary/aromatic N) is 1. The average molecular weight is 287 g/mol.